The molecule has 1 heterocycles. The van der Waals surface area contributed by atoms with Crippen LogP contribution >= 0.6 is 23.7 Å². The number of amides is 1. The van der Waals surface area contributed by atoms with Crippen molar-refractivity contribution < 1.29 is 9.53 Å². The Morgan fingerprint density at radius 1 is 1.30 bits per heavy atom. The first kappa shape index (κ1) is 19.5. The van der Waals surface area contributed by atoms with Gasteiger partial charge in [-0.05, 0) is 42.1 Å². The number of nitrogens with zero attached hydrogens (tertiary/aromatic N) is 1. The molecule has 2 aromatic rings. The molecule has 23 heavy (non-hydrogen) atoms. The summed E-state index contributed by atoms with van der Waals surface area (Å²) in [5, 5.41) is 2.01. The van der Waals surface area contributed by atoms with Crippen molar-refractivity contribution in [2.45, 2.75) is 32.4 Å². The summed E-state index contributed by atoms with van der Waals surface area (Å²) in [5.74, 6) is 0.727. The highest BCUT2D eigenvalue weighted by Crippen LogP contribution is 2.23. The van der Waals surface area contributed by atoms with E-state index >= 15 is 0 Å². The number of ether oxygens (including phenoxy) is 1. The van der Waals surface area contributed by atoms with Gasteiger partial charge >= 0.3 is 0 Å². The molecule has 4 nitrogen and oxygen atoms in total. The summed E-state index contributed by atoms with van der Waals surface area (Å²) in [7, 11) is 1.63. The molecule has 2 rings (SSSR count). The quantitative estimate of drug-likeness (QED) is 0.821. The minimum Gasteiger partial charge on any atom is -0.497 e. The number of halogens is 1. The van der Waals surface area contributed by atoms with Gasteiger partial charge in [-0.3, -0.25) is 4.79 Å². The molecule has 1 unspecified atom stereocenters. The highest BCUT2D eigenvalue weighted by molar-refractivity contribution is 7.09. The van der Waals surface area contributed by atoms with Crippen molar-refractivity contribution in [2.24, 2.45) is 5.73 Å². The third kappa shape index (κ3) is 5.23. The molecule has 0 saturated carbocycles. The Hall–Kier alpha value is -1.56. The molecule has 0 saturated heterocycles. The van der Waals surface area contributed by atoms with E-state index in [-0.39, 0.29) is 18.3 Å². The summed E-state index contributed by atoms with van der Waals surface area (Å²) in [6.45, 7) is 2.57. The minimum absolute atomic E-state index is 0. The molecule has 0 aliphatic rings. The molecule has 1 amide bonds. The van der Waals surface area contributed by atoms with E-state index in [1.165, 1.54) is 0 Å². The molecule has 2 N–H and O–H groups in total. The fraction of sp³-hybridized carbons (Fsp3) is 0.353. The SMILES string of the molecule is CCCC(N)C(=O)N(Cc1cccs1)c1ccc(OC)cc1.Cl. The Morgan fingerprint density at radius 3 is 2.52 bits per heavy atom. The van der Waals surface area contributed by atoms with E-state index in [1.54, 1.807) is 23.3 Å². The monoisotopic (exact) mass is 354 g/mol. The Morgan fingerprint density at radius 2 is 2.00 bits per heavy atom. The van der Waals surface area contributed by atoms with Gasteiger partial charge in [-0.2, -0.15) is 0 Å². The lowest BCUT2D eigenvalue weighted by Gasteiger charge is -2.25. The van der Waals surface area contributed by atoms with Crippen molar-refractivity contribution in [1.82, 2.24) is 0 Å². The van der Waals surface area contributed by atoms with Crippen LogP contribution in [0.5, 0.6) is 5.75 Å². The van der Waals surface area contributed by atoms with Crippen molar-refractivity contribution in [1.29, 1.82) is 0 Å². The highest BCUT2D eigenvalue weighted by Gasteiger charge is 2.22. The lowest BCUT2D eigenvalue weighted by molar-refractivity contribution is -0.120. The molecule has 0 bridgehead atoms. The number of nitrogens with two attached hydrogens (primary N) is 1. The maximum atomic E-state index is 12.7. The van der Waals surface area contributed by atoms with E-state index in [4.69, 9.17) is 10.5 Å². The van der Waals surface area contributed by atoms with E-state index in [0.717, 1.165) is 22.7 Å². The zero-order chi connectivity index (χ0) is 15.9. The lowest BCUT2D eigenvalue weighted by atomic mass is 10.1. The van der Waals surface area contributed by atoms with Crippen molar-refractivity contribution >= 4 is 35.3 Å². The second kappa shape index (κ2) is 9.55. The topological polar surface area (TPSA) is 55.6 Å². The van der Waals surface area contributed by atoms with Crippen LogP contribution in [0.15, 0.2) is 41.8 Å². The van der Waals surface area contributed by atoms with Crippen molar-refractivity contribution in [3.63, 3.8) is 0 Å². The average Bonchev–Trinajstić information content (AvgIpc) is 3.05. The second-order valence-electron chi connectivity index (χ2n) is 5.10. The molecule has 1 aromatic carbocycles. The Labute approximate surface area is 147 Å². The van der Waals surface area contributed by atoms with Crippen LogP contribution in [0.1, 0.15) is 24.6 Å². The number of anilines is 1. The predicted molar refractivity (Wildman–Crippen MR) is 98.6 cm³/mol. The molecular weight excluding hydrogens is 332 g/mol. The zero-order valence-corrected chi connectivity index (χ0v) is 15.0. The summed E-state index contributed by atoms with van der Waals surface area (Å²) in [4.78, 5) is 15.6. The van der Waals surface area contributed by atoms with Crippen LogP contribution in [-0.2, 0) is 11.3 Å². The maximum absolute atomic E-state index is 12.7. The minimum atomic E-state index is -0.466. The van der Waals surface area contributed by atoms with Crippen LogP contribution in [0, 0.1) is 0 Å². The van der Waals surface area contributed by atoms with Crippen LogP contribution in [0.3, 0.4) is 0 Å². The number of benzene rings is 1. The highest BCUT2D eigenvalue weighted by atomic mass is 35.5. The summed E-state index contributed by atoms with van der Waals surface area (Å²) < 4.78 is 5.18. The Bertz CT molecular complexity index is 587. The summed E-state index contributed by atoms with van der Waals surface area (Å²) in [6, 6.07) is 11.0. The molecule has 0 spiro atoms. The van der Waals surface area contributed by atoms with Crippen LogP contribution in [0.25, 0.3) is 0 Å². The fourth-order valence-corrected chi connectivity index (χ4v) is 2.94. The molecule has 0 fully saturated rings. The van der Waals surface area contributed by atoms with E-state index in [2.05, 4.69) is 0 Å². The van der Waals surface area contributed by atoms with Gasteiger partial charge in [-0.1, -0.05) is 19.4 Å². The Kier molecular flexibility index (Phi) is 8.09. The smallest absolute Gasteiger partial charge is 0.244 e. The first-order valence-corrected chi connectivity index (χ1v) is 8.27. The first-order valence-electron chi connectivity index (χ1n) is 7.39. The third-order valence-electron chi connectivity index (χ3n) is 3.46. The summed E-state index contributed by atoms with van der Waals surface area (Å²) in [6.07, 6.45) is 1.58. The number of rotatable bonds is 7. The number of methoxy groups -OCH3 is 1. The van der Waals surface area contributed by atoms with Gasteiger partial charge in [-0.25, -0.2) is 0 Å². The van der Waals surface area contributed by atoms with Crippen LogP contribution < -0.4 is 15.4 Å². The van der Waals surface area contributed by atoms with Gasteiger partial charge in [0.15, 0.2) is 0 Å². The average molecular weight is 355 g/mol. The van der Waals surface area contributed by atoms with Crippen LogP contribution in [0.4, 0.5) is 5.69 Å². The van der Waals surface area contributed by atoms with Gasteiger partial charge in [0.25, 0.3) is 0 Å². The van der Waals surface area contributed by atoms with E-state index < -0.39 is 6.04 Å². The molecule has 0 aliphatic carbocycles. The normalized spacial score (nSPS) is 11.4. The first-order chi connectivity index (χ1) is 10.7. The van der Waals surface area contributed by atoms with Gasteiger partial charge in [0, 0.05) is 10.6 Å². The van der Waals surface area contributed by atoms with Gasteiger partial charge in [-0.15, -0.1) is 23.7 Å². The molecular formula is C17H23ClN2O2S. The number of carbonyl (C=O) groups is 1. The zero-order valence-electron chi connectivity index (χ0n) is 13.4. The van der Waals surface area contributed by atoms with Gasteiger partial charge in [0.05, 0.1) is 19.7 Å². The summed E-state index contributed by atoms with van der Waals surface area (Å²) in [5.41, 5.74) is 6.88. The van der Waals surface area contributed by atoms with E-state index in [0.29, 0.717) is 13.0 Å². The number of thiophene rings is 1. The predicted octanol–water partition coefficient (Wildman–Crippen LogP) is 3.84. The molecule has 6 heteroatoms. The molecule has 1 aromatic heterocycles. The number of carbonyl (C=O) groups excluding carboxylic acids is 1. The van der Waals surface area contributed by atoms with E-state index in [9.17, 15) is 4.79 Å². The number of hydrogen-bond donors (Lipinski definition) is 1. The second-order valence-corrected chi connectivity index (χ2v) is 6.13. The molecule has 0 radical (unpaired) electrons. The fourth-order valence-electron chi connectivity index (χ4n) is 2.25. The largest absolute Gasteiger partial charge is 0.497 e. The van der Waals surface area contributed by atoms with Gasteiger partial charge < -0.3 is 15.4 Å². The summed E-state index contributed by atoms with van der Waals surface area (Å²) >= 11 is 1.64. The lowest BCUT2D eigenvalue weighted by Crippen LogP contribution is -2.43. The maximum Gasteiger partial charge on any atom is 0.244 e. The standard InChI is InChI=1S/C17H22N2O2S.ClH/c1-3-5-16(18)17(20)19(12-15-6-4-11-22-15)13-7-9-14(21-2)10-8-13;/h4,6-11,16H,3,5,12,18H2,1-2H3;1H. The molecule has 0 aliphatic heterocycles. The van der Waals surface area contributed by atoms with Crippen LogP contribution in [0.2, 0.25) is 0 Å². The van der Waals surface area contributed by atoms with E-state index in [1.807, 2.05) is 48.7 Å². The van der Waals surface area contributed by atoms with Crippen molar-refractivity contribution in [2.75, 3.05) is 12.0 Å². The Balaban J connectivity index is 0.00000264. The third-order valence-corrected chi connectivity index (χ3v) is 4.32. The van der Waals surface area contributed by atoms with Crippen LogP contribution in [-0.4, -0.2) is 19.1 Å². The van der Waals surface area contributed by atoms with Crippen molar-refractivity contribution in [3.8, 4) is 5.75 Å². The number of hydrogen-bond acceptors (Lipinski definition) is 4. The van der Waals surface area contributed by atoms with Crippen molar-refractivity contribution in [3.05, 3.63) is 46.7 Å². The molecule has 126 valence electrons. The molecule has 1 atom stereocenters. The van der Waals surface area contributed by atoms with Gasteiger partial charge in [0.1, 0.15) is 5.75 Å². The van der Waals surface area contributed by atoms with Gasteiger partial charge in [0.2, 0.25) is 5.91 Å².